The van der Waals surface area contributed by atoms with Gasteiger partial charge in [0.15, 0.2) is 0 Å². The first kappa shape index (κ1) is 12.9. The van der Waals surface area contributed by atoms with Gasteiger partial charge in [0, 0.05) is 38.3 Å². The highest BCUT2D eigenvalue weighted by molar-refractivity contribution is 5.10. The van der Waals surface area contributed by atoms with Crippen LogP contribution >= 0.6 is 0 Å². The normalized spacial score (nSPS) is 37.3. The van der Waals surface area contributed by atoms with E-state index in [1.54, 1.807) is 0 Å². The van der Waals surface area contributed by atoms with Gasteiger partial charge in [-0.2, -0.15) is 0 Å². The fourth-order valence-electron chi connectivity index (χ4n) is 4.07. The van der Waals surface area contributed by atoms with E-state index < -0.39 is 0 Å². The molecule has 3 heteroatoms. The van der Waals surface area contributed by atoms with E-state index in [0.717, 1.165) is 25.6 Å². The number of hydrogen-bond donors (Lipinski definition) is 0. The van der Waals surface area contributed by atoms with Gasteiger partial charge in [0.1, 0.15) is 5.60 Å². The fraction of sp³-hybridized carbons (Fsp3) is 1.00. The summed E-state index contributed by atoms with van der Waals surface area (Å²) in [5.41, 5.74) is 0.182. The minimum Gasteiger partial charge on any atom is -0.371 e. The van der Waals surface area contributed by atoms with Crippen molar-refractivity contribution in [3.05, 3.63) is 0 Å². The molecule has 3 saturated heterocycles. The lowest BCUT2D eigenvalue weighted by molar-refractivity contribution is -0.152. The zero-order valence-corrected chi connectivity index (χ0v) is 12.2. The molecule has 3 aliphatic heterocycles. The van der Waals surface area contributed by atoms with Crippen molar-refractivity contribution >= 4 is 0 Å². The van der Waals surface area contributed by atoms with E-state index >= 15 is 0 Å². The number of likely N-dealkylation sites (tertiary alicyclic amines) is 2. The topological polar surface area (TPSA) is 15.7 Å². The maximum absolute atomic E-state index is 6.17. The van der Waals surface area contributed by atoms with E-state index in [0.29, 0.717) is 12.1 Å². The molecule has 3 heterocycles. The van der Waals surface area contributed by atoms with E-state index in [9.17, 15) is 0 Å². The van der Waals surface area contributed by atoms with Crippen LogP contribution < -0.4 is 0 Å². The molecule has 3 rings (SSSR count). The molecule has 0 bridgehead atoms. The van der Waals surface area contributed by atoms with Crippen molar-refractivity contribution in [3.63, 3.8) is 0 Å². The van der Waals surface area contributed by atoms with Crippen molar-refractivity contribution < 1.29 is 4.74 Å². The van der Waals surface area contributed by atoms with Crippen LogP contribution in [0, 0.1) is 5.92 Å². The molecular formula is C15H28N2O. The van der Waals surface area contributed by atoms with E-state index in [4.69, 9.17) is 4.74 Å². The highest BCUT2D eigenvalue weighted by Crippen LogP contribution is 2.40. The van der Waals surface area contributed by atoms with Crippen LogP contribution in [0.3, 0.4) is 0 Å². The Labute approximate surface area is 111 Å². The van der Waals surface area contributed by atoms with E-state index in [-0.39, 0.29) is 5.60 Å². The minimum absolute atomic E-state index is 0.182. The zero-order valence-electron chi connectivity index (χ0n) is 12.2. The quantitative estimate of drug-likeness (QED) is 0.747. The number of nitrogens with zero attached hydrogens (tertiary/aromatic N) is 2. The van der Waals surface area contributed by atoms with E-state index in [1.807, 2.05) is 0 Å². The van der Waals surface area contributed by atoms with Gasteiger partial charge in [-0.25, -0.2) is 0 Å². The Bertz CT molecular complexity index is 299. The van der Waals surface area contributed by atoms with Gasteiger partial charge >= 0.3 is 0 Å². The molecule has 2 atom stereocenters. The molecular weight excluding hydrogens is 224 g/mol. The molecule has 3 aliphatic rings. The molecule has 0 saturated carbocycles. The molecule has 1 spiro atoms. The van der Waals surface area contributed by atoms with Gasteiger partial charge in [0.25, 0.3) is 0 Å². The first-order chi connectivity index (χ1) is 8.61. The zero-order chi connectivity index (χ0) is 12.8. The summed E-state index contributed by atoms with van der Waals surface area (Å²) in [7, 11) is 0. The third-order valence-corrected chi connectivity index (χ3v) is 5.19. The smallest absolute Gasteiger partial charge is 0.109 e. The number of piperidine rings is 1. The number of ether oxygens (including phenoxy) is 1. The molecule has 18 heavy (non-hydrogen) atoms. The van der Waals surface area contributed by atoms with E-state index in [2.05, 4.69) is 30.6 Å². The molecule has 2 unspecified atom stereocenters. The standard InChI is InChI=1S/C15H28N2O/c1-12(2)17-10-15(11-17)14(6-8-18-15)16-7-4-5-13(3)9-16/h12-14H,4-11H2,1-3H3. The van der Waals surface area contributed by atoms with Crippen LogP contribution in [-0.4, -0.2) is 60.3 Å². The fourth-order valence-corrected chi connectivity index (χ4v) is 4.07. The van der Waals surface area contributed by atoms with Gasteiger partial charge in [-0.15, -0.1) is 0 Å². The average Bonchev–Trinajstić information content (AvgIpc) is 2.70. The Morgan fingerprint density at radius 2 is 2.00 bits per heavy atom. The van der Waals surface area contributed by atoms with Crippen LogP contribution in [0.2, 0.25) is 0 Å². The maximum Gasteiger partial charge on any atom is 0.109 e. The van der Waals surface area contributed by atoms with Gasteiger partial charge in [-0.3, -0.25) is 9.80 Å². The third kappa shape index (κ3) is 2.10. The van der Waals surface area contributed by atoms with Crippen molar-refractivity contribution in [1.29, 1.82) is 0 Å². The molecule has 104 valence electrons. The van der Waals surface area contributed by atoms with E-state index in [1.165, 1.54) is 32.4 Å². The van der Waals surface area contributed by atoms with Gasteiger partial charge in [0.05, 0.1) is 0 Å². The Hall–Kier alpha value is -0.120. The number of hydrogen-bond acceptors (Lipinski definition) is 3. The van der Waals surface area contributed by atoms with Crippen molar-refractivity contribution in [2.45, 2.75) is 57.7 Å². The molecule has 0 aromatic rings. The Morgan fingerprint density at radius 3 is 2.67 bits per heavy atom. The van der Waals surface area contributed by atoms with Crippen LogP contribution in [0.15, 0.2) is 0 Å². The summed E-state index contributed by atoms with van der Waals surface area (Å²) >= 11 is 0. The van der Waals surface area contributed by atoms with Crippen LogP contribution in [0.4, 0.5) is 0 Å². The lowest BCUT2D eigenvalue weighted by Crippen LogP contribution is -2.71. The second kappa shape index (κ2) is 4.77. The van der Waals surface area contributed by atoms with Crippen molar-refractivity contribution in [2.24, 2.45) is 5.92 Å². The summed E-state index contributed by atoms with van der Waals surface area (Å²) in [6.45, 7) is 12.8. The second-order valence-corrected chi connectivity index (χ2v) is 6.96. The molecule has 0 aromatic heterocycles. The molecule has 0 amide bonds. The molecule has 0 aromatic carbocycles. The van der Waals surface area contributed by atoms with Crippen LogP contribution in [0.5, 0.6) is 0 Å². The van der Waals surface area contributed by atoms with Crippen molar-refractivity contribution in [2.75, 3.05) is 32.8 Å². The molecule has 3 fully saturated rings. The summed E-state index contributed by atoms with van der Waals surface area (Å²) in [6, 6.07) is 1.36. The lowest BCUT2D eigenvalue weighted by Gasteiger charge is -2.55. The van der Waals surface area contributed by atoms with Crippen LogP contribution in [0.1, 0.15) is 40.0 Å². The first-order valence-electron chi connectivity index (χ1n) is 7.73. The number of rotatable bonds is 2. The van der Waals surface area contributed by atoms with Crippen molar-refractivity contribution in [3.8, 4) is 0 Å². The Kier molecular flexibility index (Phi) is 3.41. The van der Waals surface area contributed by atoms with Gasteiger partial charge in [-0.1, -0.05) is 6.92 Å². The summed E-state index contributed by atoms with van der Waals surface area (Å²) < 4.78 is 6.17. The lowest BCUT2D eigenvalue weighted by atomic mass is 9.83. The Morgan fingerprint density at radius 1 is 1.22 bits per heavy atom. The minimum atomic E-state index is 0.182. The third-order valence-electron chi connectivity index (χ3n) is 5.19. The van der Waals surface area contributed by atoms with Crippen LogP contribution in [0.25, 0.3) is 0 Å². The SMILES string of the molecule is CC1CCCN(C2CCOC23CN(C(C)C)C3)C1. The van der Waals surface area contributed by atoms with Gasteiger partial charge in [0.2, 0.25) is 0 Å². The molecule has 3 nitrogen and oxygen atoms in total. The maximum atomic E-state index is 6.17. The summed E-state index contributed by atoms with van der Waals surface area (Å²) in [5, 5.41) is 0. The summed E-state index contributed by atoms with van der Waals surface area (Å²) in [4.78, 5) is 5.28. The van der Waals surface area contributed by atoms with Crippen LogP contribution in [-0.2, 0) is 4.74 Å². The summed E-state index contributed by atoms with van der Waals surface area (Å²) in [6.07, 6.45) is 4.04. The largest absolute Gasteiger partial charge is 0.371 e. The first-order valence-corrected chi connectivity index (χ1v) is 7.73. The predicted molar refractivity (Wildman–Crippen MR) is 73.8 cm³/mol. The molecule has 0 radical (unpaired) electrons. The van der Waals surface area contributed by atoms with Gasteiger partial charge in [-0.05, 0) is 45.6 Å². The van der Waals surface area contributed by atoms with Crippen molar-refractivity contribution in [1.82, 2.24) is 9.80 Å². The summed E-state index contributed by atoms with van der Waals surface area (Å²) in [5.74, 6) is 0.873. The highest BCUT2D eigenvalue weighted by Gasteiger charge is 2.55. The second-order valence-electron chi connectivity index (χ2n) is 6.96. The monoisotopic (exact) mass is 252 g/mol. The molecule has 0 aliphatic carbocycles. The highest BCUT2D eigenvalue weighted by atomic mass is 16.5. The Balaban J connectivity index is 1.65. The van der Waals surface area contributed by atoms with Gasteiger partial charge < -0.3 is 4.74 Å². The molecule has 0 N–H and O–H groups in total. The predicted octanol–water partition coefficient (Wildman–Crippen LogP) is 1.97. The average molecular weight is 252 g/mol.